The number of benzene rings is 1. The molecule has 0 amide bonds. The molecule has 9 heteroatoms. The van der Waals surface area contributed by atoms with Crippen molar-refractivity contribution >= 4 is 16.7 Å². The maximum Gasteiger partial charge on any atom is 0.153 e. The van der Waals surface area contributed by atoms with E-state index < -0.39 is 5.54 Å². The molecule has 1 saturated carbocycles. The van der Waals surface area contributed by atoms with Crippen LogP contribution in [0.15, 0.2) is 42.9 Å². The second-order valence-electron chi connectivity index (χ2n) is 8.01. The molecule has 0 spiro atoms. The molecule has 0 aliphatic heterocycles. The highest BCUT2D eigenvalue weighted by Gasteiger charge is 2.48. The molecule has 3 aromatic heterocycles. The van der Waals surface area contributed by atoms with Crippen LogP contribution in [0.4, 0.5) is 5.82 Å². The lowest BCUT2D eigenvalue weighted by Crippen LogP contribution is -2.47. The van der Waals surface area contributed by atoms with Crippen molar-refractivity contribution in [3.05, 3.63) is 42.9 Å². The number of rotatable bonds is 4. The lowest BCUT2D eigenvalue weighted by atomic mass is 9.68. The number of nitrogens with zero attached hydrogens (tertiary/aromatic N) is 8. The predicted molar refractivity (Wildman–Crippen MR) is 114 cm³/mol. The zero-order valence-electron chi connectivity index (χ0n) is 16.9. The van der Waals surface area contributed by atoms with E-state index in [2.05, 4.69) is 27.3 Å². The highest BCUT2D eigenvalue weighted by Crippen LogP contribution is 2.45. The Labute approximate surface area is 178 Å². The average molecular weight is 409 g/mol. The number of nitrogens with two attached hydrogens (primary N) is 1. The van der Waals surface area contributed by atoms with Crippen LogP contribution >= 0.6 is 0 Å². The molecular weight excluding hydrogens is 390 g/mol. The van der Waals surface area contributed by atoms with E-state index in [1.165, 1.54) is 0 Å². The Morgan fingerprint density at radius 1 is 1.23 bits per heavy atom. The van der Waals surface area contributed by atoms with Gasteiger partial charge in [-0.05, 0) is 36.6 Å². The van der Waals surface area contributed by atoms with Crippen molar-refractivity contribution in [1.29, 1.82) is 10.5 Å². The minimum absolute atomic E-state index is 0.0651. The minimum atomic E-state index is -0.521. The first kappa shape index (κ1) is 18.8. The molecule has 152 valence electrons. The van der Waals surface area contributed by atoms with Crippen LogP contribution in [0, 0.1) is 28.6 Å². The van der Waals surface area contributed by atoms with Gasteiger partial charge in [0.25, 0.3) is 0 Å². The van der Waals surface area contributed by atoms with Crippen LogP contribution in [0.1, 0.15) is 19.3 Å². The van der Waals surface area contributed by atoms with Gasteiger partial charge in [0.15, 0.2) is 5.82 Å². The Morgan fingerprint density at radius 3 is 2.77 bits per heavy atom. The van der Waals surface area contributed by atoms with E-state index in [9.17, 15) is 10.5 Å². The molecule has 9 nitrogen and oxygen atoms in total. The van der Waals surface area contributed by atoms with Gasteiger partial charge in [0.1, 0.15) is 5.69 Å². The molecule has 1 aliphatic carbocycles. The van der Waals surface area contributed by atoms with E-state index in [0.29, 0.717) is 24.4 Å². The van der Waals surface area contributed by atoms with Crippen LogP contribution in [0.2, 0.25) is 0 Å². The van der Waals surface area contributed by atoms with Gasteiger partial charge in [0, 0.05) is 36.0 Å². The average Bonchev–Trinajstić information content (AvgIpc) is 3.36. The number of nitrogen functional groups attached to an aromatic ring is 1. The molecule has 1 aromatic carbocycles. The Hall–Kier alpha value is -4.24. The lowest BCUT2D eigenvalue weighted by molar-refractivity contribution is 0.0713. The molecule has 0 unspecified atom stereocenters. The van der Waals surface area contributed by atoms with Crippen molar-refractivity contribution in [2.24, 2.45) is 13.0 Å². The standard InChI is InChI=1S/C22H19N9/c1-30-13-18(21(25)29-30)15-7-17(16-3-2-6-26-19(16)8-15)20-12-27-31(28-20)22(4-5-23)9-14(10-22)11-24/h2-3,6-8,12-14H,4,9-10H2,1H3,(H2,25,29). The zero-order valence-corrected chi connectivity index (χ0v) is 16.9. The molecule has 31 heavy (non-hydrogen) atoms. The summed E-state index contributed by atoms with van der Waals surface area (Å²) in [6.07, 6.45) is 6.76. The molecule has 4 aromatic rings. The van der Waals surface area contributed by atoms with Gasteiger partial charge in [-0.2, -0.15) is 30.6 Å². The molecule has 1 aliphatic rings. The van der Waals surface area contributed by atoms with Crippen molar-refractivity contribution in [1.82, 2.24) is 29.8 Å². The van der Waals surface area contributed by atoms with Gasteiger partial charge in [-0.3, -0.25) is 9.67 Å². The number of nitriles is 2. The van der Waals surface area contributed by atoms with E-state index in [-0.39, 0.29) is 12.3 Å². The fourth-order valence-electron chi connectivity index (χ4n) is 4.37. The molecule has 0 saturated heterocycles. The fourth-order valence-corrected chi connectivity index (χ4v) is 4.37. The largest absolute Gasteiger partial charge is 0.382 e. The summed E-state index contributed by atoms with van der Waals surface area (Å²) in [5.74, 6) is 0.377. The molecule has 0 atom stereocenters. The Bertz CT molecular complexity index is 1380. The Kier molecular flexibility index (Phi) is 4.19. The first-order valence-electron chi connectivity index (χ1n) is 9.91. The first-order valence-corrected chi connectivity index (χ1v) is 9.91. The van der Waals surface area contributed by atoms with E-state index >= 15 is 0 Å². The van der Waals surface area contributed by atoms with Gasteiger partial charge in [0.2, 0.25) is 0 Å². The summed E-state index contributed by atoms with van der Waals surface area (Å²) in [4.78, 5) is 6.14. The molecule has 0 radical (unpaired) electrons. The SMILES string of the molecule is Cn1cc(-c2cc(-c3cnn(C4(CC#N)CC(C#N)C4)n3)c3cccnc3c2)c(N)n1. The second kappa shape index (κ2) is 6.92. The van der Waals surface area contributed by atoms with Crippen LogP contribution in [-0.4, -0.2) is 29.8 Å². The first-order chi connectivity index (χ1) is 15.0. The number of anilines is 1. The highest BCUT2D eigenvalue weighted by atomic mass is 15.5. The summed E-state index contributed by atoms with van der Waals surface area (Å²) in [5, 5.41) is 32.9. The van der Waals surface area contributed by atoms with Crippen LogP contribution in [0.3, 0.4) is 0 Å². The van der Waals surface area contributed by atoms with Crippen molar-refractivity contribution in [3.63, 3.8) is 0 Å². The normalized spacial score (nSPS) is 20.2. The Balaban J connectivity index is 1.64. The van der Waals surface area contributed by atoms with E-state index in [1.54, 1.807) is 21.9 Å². The summed E-state index contributed by atoms with van der Waals surface area (Å²) in [6, 6.07) is 12.4. The summed E-state index contributed by atoms with van der Waals surface area (Å²) in [5.41, 5.74) is 9.67. The van der Waals surface area contributed by atoms with Gasteiger partial charge < -0.3 is 5.73 Å². The zero-order chi connectivity index (χ0) is 21.6. The second-order valence-corrected chi connectivity index (χ2v) is 8.01. The van der Waals surface area contributed by atoms with Gasteiger partial charge in [-0.25, -0.2) is 0 Å². The molecule has 2 N–H and O–H groups in total. The third kappa shape index (κ3) is 2.99. The monoisotopic (exact) mass is 409 g/mol. The summed E-state index contributed by atoms with van der Waals surface area (Å²) in [7, 11) is 1.83. The molecular formula is C22H19N9. The quantitative estimate of drug-likeness (QED) is 0.547. The third-order valence-electron chi connectivity index (χ3n) is 5.92. The smallest absolute Gasteiger partial charge is 0.153 e. The lowest BCUT2D eigenvalue weighted by Gasteiger charge is -2.42. The van der Waals surface area contributed by atoms with E-state index in [1.807, 2.05) is 37.5 Å². The van der Waals surface area contributed by atoms with Crippen LogP contribution < -0.4 is 5.73 Å². The minimum Gasteiger partial charge on any atom is -0.382 e. The number of aryl methyl sites for hydroxylation is 1. The topological polar surface area (TPSA) is 135 Å². The fraction of sp³-hybridized carbons (Fsp3) is 0.273. The predicted octanol–water partition coefficient (Wildman–Crippen LogP) is 3.02. The van der Waals surface area contributed by atoms with E-state index in [4.69, 9.17) is 10.8 Å². The number of hydrogen-bond acceptors (Lipinski definition) is 7. The van der Waals surface area contributed by atoms with Crippen LogP contribution in [0.25, 0.3) is 33.3 Å². The van der Waals surface area contributed by atoms with Crippen molar-refractivity contribution in [3.8, 4) is 34.5 Å². The number of pyridine rings is 1. The van der Waals surface area contributed by atoms with Crippen molar-refractivity contribution in [2.75, 3.05) is 5.73 Å². The highest BCUT2D eigenvalue weighted by molar-refractivity contribution is 5.97. The summed E-state index contributed by atoms with van der Waals surface area (Å²) in [6.45, 7) is 0. The van der Waals surface area contributed by atoms with Crippen LogP contribution in [0.5, 0.6) is 0 Å². The van der Waals surface area contributed by atoms with Gasteiger partial charge in [-0.15, -0.1) is 0 Å². The maximum atomic E-state index is 9.31. The molecule has 5 rings (SSSR count). The molecule has 3 heterocycles. The molecule has 1 fully saturated rings. The third-order valence-corrected chi connectivity index (χ3v) is 5.92. The summed E-state index contributed by atoms with van der Waals surface area (Å²) < 4.78 is 1.68. The number of aromatic nitrogens is 6. The summed E-state index contributed by atoms with van der Waals surface area (Å²) >= 11 is 0. The number of hydrogen-bond donors (Lipinski definition) is 1. The van der Waals surface area contributed by atoms with Gasteiger partial charge >= 0.3 is 0 Å². The molecule has 0 bridgehead atoms. The van der Waals surface area contributed by atoms with E-state index in [0.717, 1.165) is 27.6 Å². The Morgan fingerprint density at radius 2 is 2.06 bits per heavy atom. The number of fused-ring (bicyclic) bond motifs is 1. The van der Waals surface area contributed by atoms with Crippen molar-refractivity contribution in [2.45, 2.75) is 24.8 Å². The van der Waals surface area contributed by atoms with Crippen molar-refractivity contribution < 1.29 is 0 Å². The maximum absolute atomic E-state index is 9.31. The van der Waals surface area contributed by atoms with Gasteiger partial charge in [0.05, 0.1) is 41.7 Å². The van der Waals surface area contributed by atoms with Gasteiger partial charge in [-0.1, -0.05) is 6.07 Å². The van der Waals surface area contributed by atoms with Crippen LogP contribution in [-0.2, 0) is 12.6 Å².